The molecule has 4 aliphatic rings. The molecule has 0 aromatic carbocycles. The molecule has 1 heteroatoms. The molecule has 0 amide bonds. The van der Waals surface area contributed by atoms with Crippen LogP contribution in [0.25, 0.3) is 0 Å². The van der Waals surface area contributed by atoms with E-state index < -0.39 is 0 Å². The van der Waals surface area contributed by atoms with Crippen molar-refractivity contribution < 1.29 is 0 Å². The van der Waals surface area contributed by atoms with Gasteiger partial charge in [-0.2, -0.15) is 0 Å². The van der Waals surface area contributed by atoms with E-state index >= 15 is 0 Å². The summed E-state index contributed by atoms with van der Waals surface area (Å²) in [4.78, 5) is 0. The lowest BCUT2D eigenvalue weighted by atomic mass is 9.39. The second kappa shape index (κ2) is 4.77. The summed E-state index contributed by atoms with van der Waals surface area (Å²) in [5.74, 6) is 7.36. The minimum atomic E-state index is 0.589. The lowest BCUT2D eigenvalue weighted by molar-refractivity contribution is -0.149. The van der Waals surface area contributed by atoms with Crippen LogP contribution in [-0.2, 0) is 0 Å². The highest BCUT2D eigenvalue weighted by Gasteiger charge is 2.59. The zero-order chi connectivity index (χ0) is 14.4. The summed E-state index contributed by atoms with van der Waals surface area (Å²) >= 11 is 0. The molecule has 0 aliphatic heterocycles. The maximum atomic E-state index is 3.53. The Balaban J connectivity index is 1.79. The first-order chi connectivity index (χ1) is 9.40. The van der Waals surface area contributed by atoms with Gasteiger partial charge in [-0.05, 0) is 81.1 Å². The Hall–Kier alpha value is -0.480. The molecule has 0 aromatic heterocycles. The van der Waals surface area contributed by atoms with Gasteiger partial charge in [0.15, 0.2) is 0 Å². The van der Waals surface area contributed by atoms with Gasteiger partial charge >= 0.3 is 0 Å². The second-order valence-electron chi connectivity index (χ2n) is 8.95. The van der Waals surface area contributed by atoms with Crippen LogP contribution < -0.4 is 5.32 Å². The van der Waals surface area contributed by atoms with Crippen molar-refractivity contribution in [1.82, 2.24) is 5.32 Å². The summed E-state index contributed by atoms with van der Waals surface area (Å²) in [6, 6.07) is 0.589. The molecule has 3 unspecified atom stereocenters. The van der Waals surface area contributed by atoms with Crippen LogP contribution >= 0.6 is 0 Å². The highest BCUT2D eigenvalue weighted by atomic mass is 14.9. The van der Waals surface area contributed by atoms with Crippen LogP contribution in [0.4, 0.5) is 0 Å². The zero-order valence-electron chi connectivity index (χ0n) is 13.8. The first kappa shape index (κ1) is 14.5. The lowest BCUT2D eigenvalue weighted by Gasteiger charge is -2.66. The number of nitrogens with one attached hydrogen (secondary N) is 1. The number of rotatable bonds is 4. The van der Waals surface area contributed by atoms with Crippen LogP contribution in [0.5, 0.6) is 0 Å². The van der Waals surface area contributed by atoms with E-state index in [-0.39, 0.29) is 0 Å². The first-order valence-corrected chi connectivity index (χ1v) is 8.47. The predicted octanol–water partition coefficient (Wildman–Crippen LogP) is 4.37. The average molecular weight is 273 g/mol. The van der Waals surface area contributed by atoms with Crippen molar-refractivity contribution >= 4 is 0 Å². The Morgan fingerprint density at radius 2 is 1.75 bits per heavy atom. The zero-order valence-corrected chi connectivity index (χ0v) is 13.8. The van der Waals surface area contributed by atoms with Gasteiger partial charge in [-0.3, -0.25) is 0 Å². The Morgan fingerprint density at radius 3 is 2.25 bits per heavy atom. The van der Waals surface area contributed by atoms with E-state index in [0.717, 1.165) is 12.3 Å². The molecular formula is C19H31N. The second-order valence-corrected chi connectivity index (χ2v) is 8.95. The number of hydrogen-bond donors (Lipinski definition) is 1. The van der Waals surface area contributed by atoms with E-state index in [4.69, 9.17) is 0 Å². The lowest BCUT2D eigenvalue weighted by Crippen LogP contribution is -2.56. The van der Waals surface area contributed by atoms with Gasteiger partial charge in [0, 0.05) is 12.5 Å². The quantitative estimate of drug-likeness (QED) is 0.750. The molecule has 1 nitrogen and oxygen atoms in total. The fourth-order valence-corrected chi connectivity index (χ4v) is 6.94. The minimum Gasteiger partial charge on any atom is -0.316 e. The molecule has 0 spiro atoms. The van der Waals surface area contributed by atoms with Crippen LogP contribution in [0.1, 0.15) is 72.1 Å². The first-order valence-electron chi connectivity index (χ1n) is 8.47. The maximum absolute atomic E-state index is 3.53. The highest BCUT2D eigenvalue weighted by Crippen LogP contribution is 2.70. The summed E-state index contributed by atoms with van der Waals surface area (Å²) in [5, 5.41) is 3.53. The Bertz CT molecular complexity index is 422. The summed E-state index contributed by atoms with van der Waals surface area (Å²) in [6.07, 6.45) is 11.3. The van der Waals surface area contributed by atoms with Gasteiger partial charge in [0.1, 0.15) is 0 Å². The summed E-state index contributed by atoms with van der Waals surface area (Å²) in [7, 11) is 2.12. The Morgan fingerprint density at radius 1 is 1.10 bits per heavy atom. The normalized spacial score (nSPS) is 46.9. The van der Waals surface area contributed by atoms with Crippen molar-refractivity contribution in [3.8, 4) is 11.8 Å². The Labute approximate surface area is 125 Å². The van der Waals surface area contributed by atoms with E-state index in [2.05, 4.69) is 38.1 Å². The van der Waals surface area contributed by atoms with Crippen LogP contribution in [0.15, 0.2) is 0 Å². The third kappa shape index (κ3) is 2.52. The largest absolute Gasteiger partial charge is 0.316 e. The van der Waals surface area contributed by atoms with Crippen molar-refractivity contribution in [2.75, 3.05) is 7.05 Å². The molecule has 4 rings (SSSR count). The molecule has 4 saturated carbocycles. The molecule has 112 valence electrons. The fourth-order valence-electron chi connectivity index (χ4n) is 6.94. The summed E-state index contributed by atoms with van der Waals surface area (Å²) < 4.78 is 0. The topological polar surface area (TPSA) is 12.0 Å². The minimum absolute atomic E-state index is 0.589. The fraction of sp³-hybridized carbons (Fsp3) is 0.895. The van der Waals surface area contributed by atoms with E-state index in [1.165, 1.54) is 44.9 Å². The SMILES string of the molecule is CC#CCC(CC12CC3CC(C)(CC(C)(C3)C1)C2)NC. The van der Waals surface area contributed by atoms with Crippen molar-refractivity contribution in [2.24, 2.45) is 22.2 Å². The van der Waals surface area contributed by atoms with Crippen molar-refractivity contribution in [3.63, 3.8) is 0 Å². The third-order valence-electron chi connectivity index (χ3n) is 6.35. The maximum Gasteiger partial charge on any atom is 0.0243 e. The van der Waals surface area contributed by atoms with Crippen LogP contribution in [-0.4, -0.2) is 13.1 Å². The van der Waals surface area contributed by atoms with Gasteiger partial charge in [-0.25, -0.2) is 0 Å². The average Bonchev–Trinajstić information content (AvgIpc) is 2.29. The summed E-state index contributed by atoms with van der Waals surface area (Å²) in [5.41, 5.74) is 1.90. The van der Waals surface area contributed by atoms with Crippen LogP contribution in [0.2, 0.25) is 0 Å². The molecule has 0 heterocycles. The molecule has 0 aromatic rings. The van der Waals surface area contributed by atoms with E-state index in [0.29, 0.717) is 22.3 Å². The highest BCUT2D eigenvalue weighted by molar-refractivity contribution is 5.11. The Kier molecular flexibility index (Phi) is 3.45. The molecule has 20 heavy (non-hydrogen) atoms. The van der Waals surface area contributed by atoms with Gasteiger partial charge in [0.05, 0.1) is 0 Å². The molecule has 1 N–H and O–H groups in total. The predicted molar refractivity (Wildman–Crippen MR) is 85.4 cm³/mol. The van der Waals surface area contributed by atoms with E-state index in [1.54, 1.807) is 0 Å². The third-order valence-corrected chi connectivity index (χ3v) is 6.35. The molecule has 4 bridgehead atoms. The molecule has 4 aliphatic carbocycles. The van der Waals surface area contributed by atoms with Crippen molar-refractivity contribution in [3.05, 3.63) is 0 Å². The summed E-state index contributed by atoms with van der Waals surface area (Å²) in [6.45, 7) is 7.11. The van der Waals surface area contributed by atoms with Crippen molar-refractivity contribution in [1.29, 1.82) is 0 Å². The smallest absolute Gasteiger partial charge is 0.0243 e. The van der Waals surface area contributed by atoms with Gasteiger partial charge in [-0.1, -0.05) is 13.8 Å². The molecule has 0 radical (unpaired) electrons. The number of hydrogen-bond acceptors (Lipinski definition) is 1. The van der Waals surface area contributed by atoms with E-state index in [1.807, 2.05) is 6.92 Å². The molecular weight excluding hydrogens is 242 g/mol. The van der Waals surface area contributed by atoms with Gasteiger partial charge in [0.2, 0.25) is 0 Å². The van der Waals surface area contributed by atoms with Crippen LogP contribution in [0.3, 0.4) is 0 Å². The van der Waals surface area contributed by atoms with Gasteiger partial charge < -0.3 is 5.32 Å². The molecule has 3 atom stereocenters. The standard InChI is InChI=1S/C19H31N/c1-5-6-7-16(20-4)11-19-10-15-8-17(2,13-19)12-18(3,9-15)14-19/h15-16,20H,7-14H2,1-4H3. The van der Waals surface area contributed by atoms with Gasteiger partial charge in [-0.15, -0.1) is 11.8 Å². The van der Waals surface area contributed by atoms with Gasteiger partial charge in [0.25, 0.3) is 0 Å². The molecule has 0 saturated heterocycles. The van der Waals surface area contributed by atoms with Crippen molar-refractivity contribution in [2.45, 2.75) is 78.2 Å². The van der Waals surface area contributed by atoms with E-state index in [9.17, 15) is 0 Å². The monoisotopic (exact) mass is 273 g/mol. The molecule has 4 fully saturated rings. The van der Waals surface area contributed by atoms with Crippen LogP contribution in [0, 0.1) is 34.0 Å².